The molecule has 31 heavy (non-hydrogen) atoms. The van der Waals surface area contributed by atoms with Gasteiger partial charge < -0.3 is 14.5 Å². The number of hydrogen-bond donors (Lipinski definition) is 1. The van der Waals surface area contributed by atoms with Crippen molar-refractivity contribution in [3.8, 4) is 0 Å². The van der Waals surface area contributed by atoms with Crippen LogP contribution in [0.3, 0.4) is 0 Å². The predicted molar refractivity (Wildman–Crippen MR) is 117 cm³/mol. The highest BCUT2D eigenvalue weighted by atomic mass is 32.1. The molecule has 0 radical (unpaired) electrons. The van der Waals surface area contributed by atoms with Crippen molar-refractivity contribution in [3.63, 3.8) is 0 Å². The average molecular weight is 432 g/mol. The van der Waals surface area contributed by atoms with Crippen LogP contribution in [-0.4, -0.2) is 39.2 Å². The third kappa shape index (κ3) is 3.49. The van der Waals surface area contributed by atoms with Gasteiger partial charge in [-0.2, -0.15) is 0 Å². The van der Waals surface area contributed by atoms with Gasteiger partial charge in [-0.1, -0.05) is 0 Å². The maximum absolute atomic E-state index is 13.0. The number of Topliss-reactive ketones (excluding diaryl/α,β-unsaturated/α-hetero) is 1. The first-order valence-electron chi connectivity index (χ1n) is 9.58. The summed E-state index contributed by atoms with van der Waals surface area (Å²) in [4.78, 5) is 41.6. The zero-order chi connectivity index (χ0) is 21.4. The van der Waals surface area contributed by atoms with E-state index in [9.17, 15) is 9.59 Å². The molecule has 1 fully saturated rings. The molecular weight excluding hydrogens is 416 g/mol. The number of carbonyl (C=O) groups is 2. The molecule has 0 saturated carbocycles. The summed E-state index contributed by atoms with van der Waals surface area (Å²) in [5, 5.41) is 0.833. The maximum Gasteiger partial charge on any atom is 0.326 e. The smallest absolute Gasteiger partial charge is 0.326 e. The molecule has 1 aromatic carbocycles. The van der Waals surface area contributed by atoms with Gasteiger partial charge in [0.1, 0.15) is 5.65 Å². The van der Waals surface area contributed by atoms with Crippen LogP contribution in [-0.2, 0) is 19.1 Å². The molecule has 4 aromatic rings. The second-order valence-corrected chi connectivity index (χ2v) is 7.64. The van der Waals surface area contributed by atoms with Crippen LogP contribution in [0.25, 0.3) is 27.3 Å². The molecule has 1 N–H and O–H groups in total. The fourth-order valence-corrected chi connectivity index (χ4v) is 4.09. The summed E-state index contributed by atoms with van der Waals surface area (Å²) in [7, 11) is 0. The summed E-state index contributed by atoms with van der Waals surface area (Å²) >= 11 is 1.48. The number of fused-ring (bicyclic) bond motifs is 2. The lowest BCUT2D eigenvalue weighted by atomic mass is 10.0. The van der Waals surface area contributed by atoms with Gasteiger partial charge in [0.05, 0.1) is 28.0 Å². The van der Waals surface area contributed by atoms with Crippen molar-refractivity contribution in [2.75, 3.05) is 6.61 Å². The van der Waals surface area contributed by atoms with Crippen LogP contribution in [0.2, 0.25) is 0 Å². The normalized spacial score (nSPS) is 18.9. The summed E-state index contributed by atoms with van der Waals surface area (Å²) in [6.45, 7) is 1.83. The third-order valence-corrected chi connectivity index (χ3v) is 5.60. The largest absolute Gasteiger partial charge is 0.465 e. The lowest BCUT2D eigenvalue weighted by Crippen LogP contribution is -2.27. The summed E-state index contributed by atoms with van der Waals surface area (Å²) in [6, 6.07) is 9.12. The molecule has 9 heteroatoms. The molecule has 154 valence electrons. The number of nitrogens with zero attached hydrogens (tertiary/aromatic N) is 3. The lowest BCUT2D eigenvalue weighted by Gasteiger charge is -2.06. The van der Waals surface area contributed by atoms with E-state index in [-0.39, 0.29) is 18.3 Å². The first-order chi connectivity index (χ1) is 15.1. The summed E-state index contributed by atoms with van der Waals surface area (Å²) in [5.74, 6) is -2.40. The molecule has 1 aliphatic rings. The van der Waals surface area contributed by atoms with Crippen LogP contribution < -0.4 is 0 Å². The number of thiazole rings is 1. The number of esters is 1. The highest BCUT2D eigenvalue weighted by Crippen LogP contribution is 2.30. The molecule has 1 aliphatic heterocycles. The molecule has 1 atom stereocenters. The minimum atomic E-state index is -1.24. The van der Waals surface area contributed by atoms with Gasteiger partial charge in [-0.05, 0) is 43.3 Å². The zero-order valence-electron chi connectivity index (χ0n) is 16.4. The minimum absolute atomic E-state index is 0.00321. The highest BCUT2D eigenvalue weighted by molar-refractivity contribution is 7.16. The standard InChI is InChI=1S/C22H16N4O4S/c1-2-29-22(28)18-19(27)16(8-12-10-24-20-14(12)4-3-7-23-20)30-21(18)26-13-5-6-15-17(9-13)31-11-25-15/h3-11,18H,2H2,1H3,(H,23,24)/b16-8-,26-21?. The Balaban J connectivity index is 1.56. The van der Waals surface area contributed by atoms with Crippen LogP contribution in [0.15, 0.2) is 59.0 Å². The molecular formula is C22H16N4O4S. The average Bonchev–Trinajstić information content (AvgIpc) is 3.47. The number of aromatic amines is 1. The zero-order valence-corrected chi connectivity index (χ0v) is 17.2. The number of ketones is 1. The van der Waals surface area contributed by atoms with E-state index in [1.54, 1.807) is 43.0 Å². The second-order valence-electron chi connectivity index (χ2n) is 6.76. The molecule has 1 saturated heterocycles. The van der Waals surface area contributed by atoms with Crippen LogP contribution in [0, 0.1) is 5.92 Å². The number of benzene rings is 1. The molecule has 3 aromatic heterocycles. The Morgan fingerprint density at radius 3 is 3.13 bits per heavy atom. The van der Waals surface area contributed by atoms with Crippen molar-refractivity contribution in [2.24, 2.45) is 10.9 Å². The Bertz CT molecular complexity index is 1380. The molecule has 5 rings (SSSR count). The second kappa shape index (κ2) is 7.77. The van der Waals surface area contributed by atoms with Crippen LogP contribution >= 0.6 is 11.3 Å². The summed E-state index contributed by atoms with van der Waals surface area (Å²) in [5.41, 5.74) is 4.57. The predicted octanol–water partition coefficient (Wildman–Crippen LogP) is 4.02. The van der Waals surface area contributed by atoms with E-state index in [2.05, 4.69) is 19.9 Å². The molecule has 0 aliphatic carbocycles. The molecule has 0 bridgehead atoms. The number of ether oxygens (including phenoxy) is 2. The monoisotopic (exact) mass is 432 g/mol. The van der Waals surface area contributed by atoms with Crippen molar-refractivity contribution >= 4 is 62.0 Å². The first-order valence-corrected chi connectivity index (χ1v) is 10.5. The number of H-pyrrole nitrogens is 1. The molecule has 0 spiro atoms. The Labute approximate surface area is 180 Å². The number of aliphatic imine (C=N–C) groups is 1. The van der Waals surface area contributed by atoms with Crippen molar-refractivity contribution in [3.05, 3.63) is 59.6 Å². The number of nitrogens with one attached hydrogen (secondary N) is 1. The quantitative estimate of drug-likeness (QED) is 0.297. The van der Waals surface area contributed by atoms with E-state index >= 15 is 0 Å². The number of hydrogen-bond acceptors (Lipinski definition) is 8. The number of carbonyl (C=O) groups excluding carboxylic acids is 2. The van der Waals surface area contributed by atoms with Crippen molar-refractivity contribution in [1.82, 2.24) is 15.0 Å². The topological polar surface area (TPSA) is 107 Å². The number of pyridine rings is 1. The maximum atomic E-state index is 13.0. The van der Waals surface area contributed by atoms with E-state index in [1.165, 1.54) is 11.3 Å². The van der Waals surface area contributed by atoms with Crippen molar-refractivity contribution in [2.45, 2.75) is 6.92 Å². The number of aromatic nitrogens is 3. The summed E-state index contributed by atoms with van der Waals surface area (Å²) < 4.78 is 11.8. The fourth-order valence-electron chi connectivity index (χ4n) is 3.38. The van der Waals surface area contributed by atoms with Gasteiger partial charge in [0.2, 0.25) is 11.7 Å². The Morgan fingerprint density at radius 1 is 1.35 bits per heavy atom. The van der Waals surface area contributed by atoms with E-state index in [0.29, 0.717) is 11.3 Å². The lowest BCUT2D eigenvalue weighted by molar-refractivity contribution is -0.147. The molecule has 0 amide bonds. The minimum Gasteiger partial charge on any atom is -0.465 e. The van der Waals surface area contributed by atoms with Gasteiger partial charge in [-0.15, -0.1) is 11.3 Å². The van der Waals surface area contributed by atoms with E-state index in [1.807, 2.05) is 18.2 Å². The van der Waals surface area contributed by atoms with Gasteiger partial charge in [0.25, 0.3) is 0 Å². The van der Waals surface area contributed by atoms with Crippen LogP contribution in [0.1, 0.15) is 12.5 Å². The third-order valence-electron chi connectivity index (χ3n) is 4.81. The van der Waals surface area contributed by atoms with E-state index in [4.69, 9.17) is 9.47 Å². The first kappa shape index (κ1) is 19.1. The molecule has 1 unspecified atom stereocenters. The Hall–Kier alpha value is -3.85. The molecule has 4 heterocycles. The summed E-state index contributed by atoms with van der Waals surface area (Å²) in [6.07, 6.45) is 4.99. The van der Waals surface area contributed by atoms with E-state index in [0.717, 1.165) is 21.2 Å². The Kier molecular flexibility index (Phi) is 4.79. The highest BCUT2D eigenvalue weighted by Gasteiger charge is 2.44. The SMILES string of the molecule is CCOC(=O)C1C(=O)/C(=C/c2c[nH]c3ncccc23)OC1=Nc1ccc2ncsc2c1. The van der Waals surface area contributed by atoms with Gasteiger partial charge in [0.15, 0.2) is 11.7 Å². The van der Waals surface area contributed by atoms with Crippen LogP contribution in [0.5, 0.6) is 0 Å². The van der Waals surface area contributed by atoms with Gasteiger partial charge in [-0.3, -0.25) is 9.59 Å². The van der Waals surface area contributed by atoms with Gasteiger partial charge in [-0.25, -0.2) is 15.0 Å². The Morgan fingerprint density at radius 2 is 2.26 bits per heavy atom. The fraction of sp³-hybridized carbons (Fsp3) is 0.136. The number of allylic oxidation sites excluding steroid dienone is 1. The van der Waals surface area contributed by atoms with Gasteiger partial charge in [0, 0.05) is 23.3 Å². The number of rotatable bonds is 4. The van der Waals surface area contributed by atoms with Crippen molar-refractivity contribution < 1.29 is 19.1 Å². The molecule has 8 nitrogen and oxygen atoms in total. The van der Waals surface area contributed by atoms with Gasteiger partial charge >= 0.3 is 5.97 Å². The van der Waals surface area contributed by atoms with Crippen molar-refractivity contribution in [1.29, 1.82) is 0 Å². The van der Waals surface area contributed by atoms with E-state index < -0.39 is 17.7 Å². The van der Waals surface area contributed by atoms with Crippen LogP contribution in [0.4, 0.5) is 5.69 Å².